The molecule has 0 bridgehead atoms. The SMILES string of the molecule is CCCn1cnnc1-c1cccc(NC(=O)c2cc(-n3ccnc3)ccn2)c1. The summed E-state index contributed by atoms with van der Waals surface area (Å²) in [5.41, 5.74) is 2.71. The van der Waals surface area contributed by atoms with Gasteiger partial charge in [-0.2, -0.15) is 0 Å². The second kappa shape index (κ2) is 7.83. The zero-order valence-corrected chi connectivity index (χ0v) is 15.4. The van der Waals surface area contributed by atoms with Crippen molar-refractivity contribution in [2.24, 2.45) is 0 Å². The average Bonchev–Trinajstić information content (AvgIpc) is 3.41. The van der Waals surface area contributed by atoms with Gasteiger partial charge in [0.15, 0.2) is 5.82 Å². The van der Waals surface area contributed by atoms with E-state index in [-0.39, 0.29) is 5.91 Å². The average molecular weight is 373 g/mol. The Morgan fingerprint density at radius 3 is 2.89 bits per heavy atom. The van der Waals surface area contributed by atoms with Gasteiger partial charge in [0.1, 0.15) is 12.0 Å². The maximum atomic E-state index is 12.7. The molecular formula is C20H19N7O. The third-order valence-corrected chi connectivity index (χ3v) is 4.24. The minimum Gasteiger partial charge on any atom is -0.321 e. The highest BCUT2D eigenvalue weighted by Gasteiger charge is 2.11. The molecule has 0 saturated heterocycles. The van der Waals surface area contributed by atoms with Crippen molar-refractivity contribution in [3.63, 3.8) is 0 Å². The van der Waals surface area contributed by atoms with E-state index >= 15 is 0 Å². The minimum absolute atomic E-state index is 0.283. The van der Waals surface area contributed by atoms with Crippen LogP contribution in [0.25, 0.3) is 17.1 Å². The van der Waals surface area contributed by atoms with Crippen LogP contribution in [0.15, 0.2) is 67.6 Å². The van der Waals surface area contributed by atoms with Crippen molar-refractivity contribution >= 4 is 11.6 Å². The topological polar surface area (TPSA) is 90.5 Å². The van der Waals surface area contributed by atoms with E-state index in [0.29, 0.717) is 11.4 Å². The van der Waals surface area contributed by atoms with Crippen LogP contribution in [0.4, 0.5) is 5.69 Å². The predicted octanol–water partition coefficient (Wildman–Crippen LogP) is 3.19. The molecule has 1 aromatic carbocycles. The standard InChI is InChI=1S/C20H19N7O/c1-2-9-27-14-23-25-19(27)15-4-3-5-16(11-15)24-20(28)18-12-17(6-7-22-18)26-10-8-21-13-26/h3-8,10-14H,2,9H2,1H3,(H,24,28). The molecule has 3 aromatic heterocycles. The van der Waals surface area contributed by atoms with Crippen LogP contribution in [-0.2, 0) is 6.54 Å². The quantitative estimate of drug-likeness (QED) is 0.560. The van der Waals surface area contributed by atoms with Crippen molar-refractivity contribution in [1.82, 2.24) is 29.3 Å². The smallest absolute Gasteiger partial charge is 0.274 e. The number of imidazole rings is 1. The van der Waals surface area contributed by atoms with Gasteiger partial charge in [-0.25, -0.2) is 4.98 Å². The zero-order chi connectivity index (χ0) is 19.3. The Morgan fingerprint density at radius 2 is 2.07 bits per heavy atom. The number of nitrogens with zero attached hydrogens (tertiary/aromatic N) is 6. The van der Waals surface area contributed by atoms with Gasteiger partial charge >= 0.3 is 0 Å². The maximum Gasteiger partial charge on any atom is 0.274 e. The van der Waals surface area contributed by atoms with Gasteiger partial charge in [-0.3, -0.25) is 9.78 Å². The zero-order valence-electron chi connectivity index (χ0n) is 15.4. The number of hydrogen-bond acceptors (Lipinski definition) is 5. The second-order valence-electron chi connectivity index (χ2n) is 6.25. The molecule has 1 N–H and O–H groups in total. The lowest BCUT2D eigenvalue weighted by Gasteiger charge is -2.09. The first-order chi connectivity index (χ1) is 13.7. The Morgan fingerprint density at radius 1 is 1.14 bits per heavy atom. The fraction of sp³-hybridized carbons (Fsp3) is 0.150. The van der Waals surface area contributed by atoms with Gasteiger partial charge < -0.3 is 14.5 Å². The molecule has 0 aliphatic rings. The molecule has 8 nitrogen and oxygen atoms in total. The number of pyridine rings is 1. The molecule has 140 valence electrons. The van der Waals surface area contributed by atoms with Crippen molar-refractivity contribution in [3.05, 3.63) is 73.3 Å². The van der Waals surface area contributed by atoms with Gasteiger partial charge in [-0.15, -0.1) is 10.2 Å². The fourth-order valence-electron chi connectivity index (χ4n) is 2.93. The lowest BCUT2D eigenvalue weighted by molar-refractivity contribution is 0.102. The van der Waals surface area contributed by atoms with E-state index in [1.54, 1.807) is 31.1 Å². The number of rotatable bonds is 6. The molecule has 4 aromatic rings. The van der Waals surface area contributed by atoms with Crippen LogP contribution in [0.5, 0.6) is 0 Å². The van der Waals surface area contributed by atoms with Crippen LogP contribution in [0.3, 0.4) is 0 Å². The van der Waals surface area contributed by atoms with E-state index in [2.05, 4.69) is 32.4 Å². The number of carbonyl (C=O) groups excluding carboxylic acids is 1. The molecule has 0 fully saturated rings. The summed E-state index contributed by atoms with van der Waals surface area (Å²) in [5, 5.41) is 11.1. The Bertz CT molecular complexity index is 1090. The van der Waals surface area contributed by atoms with Crippen LogP contribution in [-0.4, -0.2) is 35.2 Å². The van der Waals surface area contributed by atoms with Crippen LogP contribution in [0.1, 0.15) is 23.8 Å². The molecule has 4 rings (SSSR count). The second-order valence-corrected chi connectivity index (χ2v) is 6.25. The van der Waals surface area contributed by atoms with Crippen LogP contribution < -0.4 is 5.32 Å². The molecule has 0 saturated carbocycles. The van der Waals surface area contributed by atoms with E-state index in [1.165, 1.54) is 0 Å². The van der Waals surface area contributed by atoms with Crippen LogP contribution in [0.2, 0.25) is 0 Å². The van der Waals surface area contributed by atoms with Crippen molar-refractivity contribution in [2.45, 2.75) is 19.9 Å². The van der Waals surface area contributed by atoms with Gasteiger partial charge in [0.25, 0.3) is 5.91 Å². The summed E-state index contributed by atoms with van der Waals surface area (Å²) in [4.78, 5) is 20.9. The predicted molar refractivity (Wildman–Crippen MR) is 105 cm³/mol. The molecular weight excluding hydrogens is 354 g/mol. The van der Waals surface area contributed by atoms with Gasteiger partial charge in [0.2, 0.25) is 0 Å². The summed E-state index contributed by atoms with van der Waals surface area (Å²) in [5.74, 6) is 0.493. The molecule has 3 heterocycles. The van der Waals surface area contributed by atoms with Crippen LogP contribution >= 0.6 is 0 Å². The fourth-order valence-corrected chi connectivity index (χ4v) is 2.93. The molecule has 0 aliphatic heterocycles. The lowest BCUT2D eigenvalue weighted by Crippen LogP contribution is -2.14. The molecule has 0 aliphatic carbocycles. The Balaban J connectivity index is 1.56. The number of anilines is 1. The van der Waals surface area contributed by atoms with Crippen molar-refractivity contribution in [3.8, 4) is 17.1 Å². The number of hydrogen-bond donors (Lipinski definition) is 1. The van der Waals surface area contributed by atoms with E-state index in [9.17, 15) is 4.79 Å². The molecule has 0 radical (unpaired) electrons. The maximum absolute atomic E-state index is 12.7. The van der Waals surface area contributed by atoms with Crippen molar-refractivity contribution in [1.29, 1.82) is 0 Å². The number of aromatic nitrogens is 6. The first-order valence-corrected chi connectivity index (χ1v) is 8.98. The molecule has 0 atom stereocenters. The monoisotopic (exact) mass is 373 g/mol. The third-order valence-electron chi connectivity index (χ3n) is 4.24. The summed E-state index contributed by atoms with van der Waals surface area (Å²) in [6.07, 6.45) is 9.48. The first-order valence-electron chi connectivity index (χ1n) is 8.98. The lowest BCUT2D eigenvalue weighted by atomic mass is 10.2. The van der Waals surface area contributed by atoms with Gasteiger partial charge in [0.05, 0.1) is 12.0 Å². The summed E-state index contributed by atoms with van der Waals surface area (Å²) in [6.45, 7) is 2.94. The molecule has 0 unspecified atom stereocenters. The largest absolute Gasteiger partial charge is 0.321 e. The Labute approximate surface area is 161 Å². The Kier molecular flexibility index (Phi) is 4.92. The molecule has 0 spiro atoms. The number of nitrogens with one attached hydrogen (secondary N) is 1. The van der Waals surface area contributed by atoms with Gasteiger partial charge in [-0.05, 0) is 30.7 Å². The van der Waals surface area contributed by atoms with Crippen molar-refractivity contribution < 1.29 is 4.79 Å². The Hall–Kier alpha value is -3.81. The van der Waals surface area contributed by atoms with E-state index in [0.717, 1.165) is 30.0 Å². The highest BCUT2D eigenvalue weighted by Crippen LogP contribution is 2.21. The minimum atomic E-state index is -0.283. The summed E-state index contributed by atoms with van der Waals surface area (Å²) >= 11 is 0. The van der Waals surface area contributed by atoms with E-state index < -0.39 is 0 Å². The molecule has 28 heavy (non-hydrogen) atoms. The van der Waals surface area contributed by atoms with Crippen molar-refractivity contribution in [2.75, 3.05) is 5.32 Å². The highest BCUT2D eigenvalue weighted by molar-refractivity contribution is 6.03. The number of amides is 1. The van der Waals surface area contributed by atoms with Gasteiger partial charge in [0, 0.05) is 36.4 Å². The van der Waals surface area contributed by atoms with Gasteiger partial charge in [-0.1, -0.05) is 19.1 Å². The van der Waals surface area contributed by atoms with E-state index in [4.69, 9.17) is 0 Å². The normalized spacial score (nSPS) is 10.8. The summed E-state index contributed by atoms with van der Waals surface area (Å²) in [7, 11) is 0. The van der Waals surface area contributed by atoms with Crippen LogP contribution in [0, 0.1) is 0 Å². The summed E-state index contributed by atoms with van der Waals surface area (Å²) in [6, 6.07) is 11.1. The first kappa shape index (κ1) is 17.6. The number of aryl methyl sites for hydroxylation is 1. The number of benzene rings is 1. The molecule has 8 heteroatoms. The highest BCUT2D eigenvalue weighted by atomic mass is 16.1. The third kappa shape index (κ3) is 3.66. The molecule has 1 amide bonds. The number of carbonyl (C=O) groups is 1. The summed E-state index contributed by atoms with van der Waals surface area (Å²) < 4.78 is 3.82. The van der Waals surface area contributed by atoms with E-state index in [1.807, 2.05) is 45.7 Å².